The van der Waals surface area contributed by atoms with Crippen molar-refractivity contribution in [3.63, 3.8) is 0 Å². The molecule has 13 rings (SSSR count). The highest BCUT2D eigenvalue weighted by atomic mass is 15.1. The number of rotatable bonds is 4. The number of nitriles is 2. The Morgan fingerprint density at radius 2 is 0.443 bits per heavy atom. The van der Waals surface area contributed by atoms with E-state index in [0.717, 1.165) is 0 Å². The summed E-state index contributed by atoms with van der Waals surface area (Å²) < 4.78 is 213. The highest BCUT2D eigenvalue weighted by molar-refractivity contribution is 6.16. The molecule has 0 aliphatic carbocycles. The Hall–Kier alpha value is -8.84. The molecule has 0 unspecified atom stereocenters. The van der Waals surface area contributed by atoms with Crippen molar-refractivity contribution < 1.29 is 32.9 Å². The van der Waals surface area contributed by atoms with Crippen molar-refractivity contribution in [1.82, 2.24) is 18.3 Å². The van der Waals surface area contributed by atoms with Crippen LogP contribution in [-0.4, -0.2) is 18.3 Å². The molecule has 0 aliphatic heterocycles. The minimum absolute atomic E-state index is 0.112. The molecule has 0 N–H and O–H groups in total. The summed E-state index contributed by atoms with van der Waals surface area (Å²) in [5.74, 6) is 0. The number of aryl methyl sites for hydroxylation is 8. The first-order chi connectivity index (χ1) is 43.6. The van der Waals surface area contributed by atoms with E-state index in [-0.39, 0.29) is 154 Å². The van der Waals surface area contributed by atoms with Gasteiger partial charge in [-0.2, -0.15) is 10.5 Å². The molecule has 0 atom stereocenters. The number of benzene rings is 9. The molecule has 0 aliphatic rings. The number of aromatic nitrogens is 4. The molecule has 9 aromatic carbocycles. The zero-order valence-electron chi connectivity index (χ0n) is 60.5. The lowest BCUT2D eigenvalue weighted by molar-refractivity contribution is 1.01. The van der Waals surface area contributed by atoms with Gasteiger partial charge in [0.25, 0.3) is 0 Å². The van der Waals surface area contributed by atoms with Crippen molar-refractivity contribution in [3.05, 3.63) is 201 Å². The largest absolute Gasteiger partial charge is 0.306 e. The molecule has 13 aromatic rings. The quantitative estimate of drug-likeness (QED) is 0.176. The van der Waals surface area contributed by atoms with Gasteiger partial charge >= 0.3 is 0 Å². The molecule has 70 heavy (non-hydrogen) atoms. The summed E-state index contributed by atoms with van der Waals surface area (Å²) in [5, 5.41) is 26.1. The van der Waals surface area contributed by atoms with Crippen LogP contribution in [0.15, 0.2) is 146 Å². The van der Waals surface area contributed by atoms with Gasteiger partial charge < -0.3 is 18.3 Å². The van der Waals surface area contributed by atoms with E-state index < -0.39 is 65.9 Å². The van der Waals surface area contributed by atoms with Gasteiger partial charge in [0.2, 0.25) is 0 Å². The van der Waals surface area contributed by atoms with E-state index in [4.69, 9.17) is 32.9 Å². The third-order valence-corrected chi connectivity index (χ3v) is 13.6. The summed E-state index contributed by atoms with van der Waals surface area (Å²) in [4.78, 5) is 0. The van der Waals surface area contributed by atoms with Crippen molar-refractivity contribution in [2.75, 3.05) is 0 Å². The zero-order valence-corrected chi connectivity index (χ0v) is 36.5. The van der Waals surface area contributed by atoms with E-state index in [9.17, 15) is 10.5 Å². The van der Waals surface area contributed by atoms with Crippen LogP contribution in [-0.2, 0) is 0 Å². The second-order valence-electron chi connectivity index (χ2n) is 17.6. The number of fused-ring (bicyclic) bond motifs is 12. The summed E-state index contributed by atoms with van der Waals surface area (Å²) in [5.41, 5.74) is -1.73. The third kappa shape index (κ3) is 5.71. The van der Waals surface area contributed by atoms with E-state index in [2.05, 4.69) is 12.1 Å². The normalized spacial score (nSPS) is 18.5. The Labute approximate surface area is 439 Å². The Morgan fingerprint density at radius 1 is 0.271 bits per heavy atom. The lowest BCUT2D eigenvalue weighted by Gasteiger charge is -2.28. The van der Waals surface area contributed by atoms with Gasteiger partial charge in [0.1, 0.15) is 12.1 Å². The fourth-order valence-corrected chi connectivity index (χ4v) is 10.8. The van der Waals surface area contributed by atoms with Gasteiger partial charge in [-0.3, -0.25) is 0 Å². The predicted octanol–water partition coefficient (Wildman–Crippen LogP) is 16.3. The topological polar surface area (TPSA) is 67.3 Å². The lowest BCUT2D eigenvalue weighted by Crippen LogP contribution is -2.17. The molecular formula is C64H48N6. The van der Waals surface area contributed by atoms with Crippen LogP contribution >= 0.6 is 0 Å². The zero-order chi connectivity index (χ0) is 68.0. The Kier molecular flexibility index (Phi) is 4.97. The van der Waals surface area contributed by atoms with Gasteiger partial charge in [-0.05, 0) is 152 Å². The maximum Gasteiger partial charge on any atom is 0.103 e. The molecule has 4 heterocycles. The summed E-state index contributed by atoms with van der Waals surface area (Å²) in [7, 11) is 0. The van der Waals surface area contributed by atoms with Crippen LogP contribution in [0.1, 0.15) is 88.5 Å². The van der Waals surface area contributed by atoms with Crippen LogP contribution in [0.3, 0.4) is 0 Å². The maximum atomic E-state index is 12.4. The van der Waals surface area contributed by atoms with E-state index in [1.54, 1.807) is 18.3 Å². The monoisotopic (exact) mass is 925 g/mol. The second kappa shape index (κ2) is 14.8. The van der Waals surface area contributed by atoms with Crippen LogP contribution in [0.25, 0.3) is 110 Å². The number of nitrogens with zero attached hydrogens (tertiary/aromatic N) is 6. The van der Waals surface area contributed by atoms with Crippen molar-refractivity contribution >= 4 is 87.2 Å². The third-order valence-electron chi connectivity index (χ3n) is 13.6. The molecular weight excluding hydrogens is 853 g/mol. The summed E-state index contributed by atoms with van der Waals surface area (Å²) in [6.45, 7) is -22.0. The van der Waals surface area contributed by atoms with E-state index in [1.807, 2.05) is 0 Å². The second-order valence-corrected chi connectivity index (χ2v) is 17.6. The van der Waals surface area contributed by atoms with Gasteiger partial charge in [0.15, 0.2) is 0 Å². The molecule has 4 aromatic heterocycles. The average molecular weight is 925 g/mol. The lowest BCUT2D eigenvalue weighted by atomic mass is 9.98. The van der Waals surface area contributed by atoms with Crippen molar-refractivity contribution in [3.8, 4) is 34.9 Å². The minimum Gasteiger partial charge on any atom is -0.306 e. The highest BCUT2D eigenvalue weighted by Crippen LogP contribution is 2.50. The molecule has 6 heteroatoms. The summed E-state index contributed by atoms with van der Waals surface area (Å²) in [6, 6.07) is 38.0. The smallest absolute Gasteiger partial charge is 0.103 e. The standard InChI is InChI=1S/C64H48N6/c1-35-9-17-53-43(25-35)44-26-36(2)10-18-54(44)67(53)61-51(33-65)52(34-66)62(68-55-19-11-37(3)27-45(55)46-28-38(4)12-20-56(46)68)64(70-59-23-15-41(7)31-49(59)50-32-42(8)16-24-60(50)70)63(61)69-57-21-13-39(5)29-47(57)48-30-40(6)14-22-58(48)69/h9-32H,1-8H3/i1D3,2D3,3D3,4D3,5D3,6D3,7D3,8D3. The summed E-state index contributed by atoms with van der Waals surface area (Å²) >= 11 is 0. The first-order valence-corrected chi connectivity index (χ1v) is 22.0. The summed E-state index contributed by atoms with van der Waals surface area (Å²) in [6.07, 6.45) is 0. The van der Waals surface area contributed by atoms with Gasteiger partial charge in [0.05, 0.1) is 78.0 Å². The molecule has 0 saturated heterocycles. The van der Waals surface area contributed by atoms with Crippen LogP contribution in [0.4, 0.5) is 0 Å². The SMILES string of the molecule is [2H]C([2H])([2H])c1ccc2c(c1)c1cc(C([2H])([2H])[2H])ccc1n2-c1c(C#N)c(C#N)c(-n2c3ccc(C([2H])([2H])[2H])cc3c3cc(C([2H])([2H])[2H])ccc32)c(-n2c3ccc(C([2H])([2H])[2H])cc3c3cc(C([2H])([2H])[2H])ccc32)c1-n1c2ccc(C([2H])([2H])[2H])cc2c2cc(C([2H])([2H])[2H])ccc21. The fraction of sp³-hybridized carbons (Fsp3) is 0.125. The van der Waals surface area contributed by atoms with E-state index in [1.165, 1.54) is 146 Å². The van der Waals surface area contributed by atoms with Crippen LogP contribution < -0.4 is 0 Å². The molecule has 6 nitrogen and oxygen atoms in total. The Balaban J connectivity index is 1.41. The van der Waals surface area contributed by atoms with Crippen LogP contribution in [0.5, 0.6) is 0 Å². The number of hydrogen-bond acceptors (Lipinski definition) is 2. The number of hydrogen-bond donors (Lipinski definition) is 0. The van der Waals surface area contributed by atoms with Gasteiger partial charge in [-0.1, -0.05) is 93.0 Å². The molecule has 0 radical (unpaired) electrons. The highest BCUT2D eigenvalue weighted by Gasteiger charge is 2.35. The Bertz CT molecular complexity index is 4900. The Morgan fingerprint density at radius 3 is 0.600 bits per heavy atom. The predicted molar refractivity (Wildman–Crippen MR) is 291 cm³/mol. The fourth-order valence-electron chi connectivity index (χ4n) is 10.8. The molecule has 0 fully saturated rings. The molecule has 0 spiro atoms. The molecule has 334 valence electrons. The van der Waals surface area contributed by atoms with Gasteiger partial charge in [0, 0.05) is 76.0 Å². The van der Waals surface area contributed by atoms with Crippen molar-refractivity contribution in [1.29, 1.82) is 10.5 Å². The van der Waals surface area contributed by atoms with Crippen LogP contribution in [0, 0.1) is 77.5 Å². The molecule has 0 bridgehead atoms. The van der Waals surface area contributed by atoms with Crippen molar-refractivity contribution in [2.45, 2.75) is 54.8 Å². The first kappa shape index (κ1) is 23.4. The van der Waals surface area contributed by atoms with Crippen molar-refractivity contribution in [2.24, 2.45) is 0 Å². The van der Waals surface area contributed by atoms with Gasteiger partial charge in [-0.25, -0.2) is 0 Å². The maximum absolute atomic E-state index is 12.4. The molecule has 0 saturated carbocycles. The average Bonchev–Trinajstić information content (AvgIpc) is 1.47. The molecule has 0 amide bonds. The van der Waals surface area contributed by atoms with Crippen LogP contribution in [0.2, 0.25) is 0 Å². The first-order valence-electron chi connectivity index (χ1n) is 34.0. The van der Waals surface area contributed by atoms with E-state index in [0.29, 0.717) is 0 Å². The minimum atomic E-state index is -2.76. The van der Waals surface area contributed by atoms with Gasteiger partial charge in [-0.15, -0.1) is 0 Å². The van der Waals surface area contributed by atoms with E-state index >= 15 is 0 Å².